The number of nitrogens with zero attached hydrogens (tertiary/aromatic N) is 1. The largest absolute Gasteiger partial charge is 0.452 e. The molecular weight excluding hydrogens is 354 g/mol. The zero-order chi connectivity index (χ0) is 19.9. The van der Waals surface area contributed by atoms with Gasteiger partial charge < -0.3 is 9.64 Å². The smallest absolute Gasteiger partial charge is 0.338 e. The average molecular weight is 379 g/mol. The van der Waals surface area contributed by atoms with E-state index in [4.69, 9.17) is 4.74 Å². The highest BCUT2D eigenvalue weighted by molar-refractivity contribution is 6.09. The molecule has 0 saturated carbocycles. The summed E-state index contributed by atoms with van der Waals surface area (Å²) in [5.41, 5.74) is 1.41. The Kier molecular flexibility index (Phi) is 6.58. The summed E-state index contributed by atoms with van der Waals surface area (Å²) in [5.74, 6) is -0.806. The molecule has 0 spiro atoms. The van der Waals surface area contributed by atoms with Crippen LogP contribution < -0.4 is 0 Å². The summed E-state index contributed by atoms with van der Waals surface area (Å²) in [7, 11) is 0. The van der Waals surface area contributed by atoms with Crippen LogP contribution in [-0.2, 0) is 9.53 Å². The monoisotopic (exact) mass is 379 g/mol. The number of likely N-dealkylation sites (tertiary alicyclic amines) is 1. The first kappa shape index (κ1) is 19.8. The maximum absolute atomic E-state index is 12.4. The van der Waals surface area contributed by atoms with E-state index in [1.54, 1.807) is 48.5 Å². The van der Waals surface area contributed by atoms with Gasteiger partial charge in [0, 0.05) is 23.7 Å². The van der Waals surface area contributed by atoms with Crippen LogP contribution in [0, 0.1) is 0 Å². The number of carbonyl (C=O) groups excluding carboxylic acids is 3. The number of amides is 1. The van der Waals surface area contributed by atoms with E-state index in [1.165, 1.54) is 0 Å². The van der Waals surface area contributed by atoms with Gasteiger partial charge in [-0.05, 0) is 37.8 Å². The second-order valence-electron chi connectivity index (χ2n) is 6.99. The molecule has 146 valence electrons. The highest BCUT2D eigenvalue weighted by Gasteiger charge is 2.26. The lowest BCUT2D eigenvalue weighted by Crippen LogP contribution is -2.45. The van der Waals surface area contributed by atoms with Crippen molar-refractivity contribution in [3.05, 3.63) is 71.3 Å². The molecule has 0 N–H and O–H groups in total. The molecule has 1 aliphatic heterocycles. The fourth-order valence-electron chi connectivity index (χ4n) is 3.56. The second-order valence-corrected chi connectivity index (χ2v) is 6.99. The molecule has 1 heterocycles. The molecule has 2 aromatic carbocycles. The minimum atomic E-state index is -0.558. The van der Waals surface area contributed by atoms with Crippen molar-refractivity contribution >= 4 is 17.7 Å². The number of benzene rings is 2. The van der Waals surface area contributed by atoms with Crippen LogP contribution in [0.2, 0.25) is 0 Å². The molecular formula is C23H25NO4. The number of rotatable bonds is 6. The van der Waals surface area contributed by atoms with Gasteiger partial charge in [0.05, 0.1) is 5.56 Å². The van der Waals surface area contributed by atoms with Crippen molar-refractivity contribution in [1.82, 2.24) is 4.90 Å². The van der Waals surface area contributed by atoms with Crippen molar-refractivity contribution in [3.8, 4) is 0 Å². The molecule has 28 heavy (non-hydrogen) atoms. The van der Waals surface area contributed by atoms with E-state index in [2.05, 4.69) is 6.92 Å². The molecule has 1 fully saturated rings. The van der Waals surface area contributed by atoms with Crippen LogP contribution in [0.4, 0.5) is 0 Å². The Morgan fingerprint density at radius 3 is 2.25 bits per heavy atom. The van der Waals surface area contributed by atoms with Gasteiger partial charge in [-0.1, -0.05) is 49.4 Å². The molecule has 5 nitrogen and oxygen atoms in total. The highest BCUT2D eigenvalue weighted by atomic mass is 16.5. The van der Waals surface area contributed by atoms with E-state index in [9.17, 15) is 14.4 Å². The van der Waals surface area contributed by atoms with Crippen LogP contribution >= 0.6 is 0 Å². The van der Waals surface area contributed by atoms with Gasteiger partial charge in [0.2, 0.25) is 0 Å². The van der Waals surface area contributed by atoms with Crippen LogP contribution in [-0.4, -0.2) is 41.8 Å². The van der Waals surface area contributed by atoms with Crippen LogP contribution in [0.25, 0.3) is 0 Å². The minimum Gasteiger partial charge on any atom is -0.452 e. The summed E-state index contributed by atoms with van der Waals surface area (Å²) in [4.78, 5) is 38.9. The molecule has 0 radical (unpaired) electrons. The summed E-state index contributed by atoms with van der Waals surface area (Å²) < 4.78 is 5.21. The predicted octanol–water partition coefficient (Wildman–Crippen LogP) is 3.87. The lowest BCUT2D eigenvalue weighted by Gasteiger charge is -2.35. The van der Waals surface area contributed by atoms with E-state index in [0.29, 0.717) is 16.7 Å². The molecule has 1 amide bonds. The van der Waals surface area contributed by atoms with Crippen molar-refractivity contribution in [2.45, 2.75) is 38.6 Å². The molecule has 0 aliphatic carbocycles. The molecule has 1 atom stereocenters. The standard InChI is InChI=1S/C23H25NO4/c1-2-20-10-6-7-15-24(20)21(25)16-28-23(27)19-13-11-18(12-14-19)22(26)17-8-4-3-5-9-17/h3-5,8-9,11-14,20H,2,6-7,10,15-16H2,1H3/t20-/m1/s1. The first-order valence-electron chi connectivity index (χ1n) is 9.76. The minimum absolute atomic E-state index is 0.105. The second kappa shape index (κ2) is 9.31. The van der Waals surface area contributed by atoms with Crippen LogP contribution in [0.3, 0.4) is 0 Å². The highest BCUT2D eigenvalue weighted by Crippen LogP contribution is 2.19. The fraction of sp³-hybridized carbons (Fsp3) is 0.348. The summed E-state index contributed by atoms with van der Waals surface area (Å²) in [5, 5.41) is 0. The average Bonchev–Trinajstić information content (AvgIpc) is 2.77. The van der Waals surface area contributed by atoms with Gasteiger partial charge in [0.15, 0.2) is 12.4 Å². The van der Waals surface area contributed by atoms with Crippen LogP contribution in [0.1, 0.15) is 58.9 Å². The third-order valence-corrected chi connectivity index (χ3v) is 5.16. The molecule has 5 heteroatoms. The molecule has 1 saturated heterocycles. The lowest BCUT2D eigenvalue weighted by atomic mass is 10.00. The molecule has 1 aliphatic rings. The number of ether oxygens (including phenoxy) is 1. The number of ketones is 1. The Labute approximate surface area is 165 Å². The Bertz CT molecular complexity index is 829. The summed E-state index contributed by atoms with van der Waals surface area (Å²) in [6.45, 7) is 2.55. The van der Waals surface area contributed by atoms with Crippen molar-refractivity contribution in [1.29, 1.82) is 0 Å². The van der Waals surface area contributed by atoms with Crippen molar-refractivity contribution in [3.63, 3.8) is 0 Å². The van der Waals surface area contributed by atoms with E-state index in [0.717, 1.165) is 32.2 Å². The van der Waals surface area contributed by atoms with Crippen molar-refractivity contribution < 1.29 is 19.1 Å². The summed E-state index contributed by atoms with van der Waals surface area (Å²) in [6.07, 6.45) is 4.05. The molecule has 3 rings (SSSR count). The molecule has 0 aromatic heterocycles. The van der Waals surface area contributed by atoms with E-state index in [-0.39, 0.29) is 24.3 Å². The van der Waals surface area contributed by atoms with Gasteiger partial charge in [-0.25, -0.2) is 4.79 Å². The molecule has 2 aromatic rings. The molecule has 0 bridgehead atoms. The van der Waals surface area contributed by atoms with Gasteiger partial charge >= 0.3 is 5.97 Å². The maximum Gasteiger partial charge on any atom is 0.338 e. The summed E-state index contributed by atoms with van der Waals surface area (Å²) >= 11 is 0. The number of hydrogen-bond donors (Lipinski definition) is 0. The normalized spacial score (nSPS) is 16.5. The Balaban J connectivity index is 1.57. The number of carbonyl (C=O) groups is 3. The lowest BCUT2D eigenvalue weighted by molar-refractivity contribution is -0.138. The zero-order valence-corrected chi connectivity index (χ0v) is 16.1. The first-order valence-corrected chi connectivity index (χ1v) is 9.76. The number of esters is 1. The van der Waals surface area contributed by atoms with Gasteiger partial charge in [0.25, 0.3) is 5.91 Å². The Morgan fingerprint density at radius 1 is 0.929 bits per heavy atom. The van der Waals surface area contributed by atoms with Gasteiger partial charge in [0.1, 0.15) is 0 Å². The van der Waals surface area contributed by atoms with Crippen LogP contribution in [0.15, 0.2) is 54.6 Å². The van der Waals surface area contributed by atoms with E-state index in [1.807, 2.05) is 11.0 Å². The topological polar surface area (TPSA) is 63.7 Å². The van der Waals surface area contributed by atoms with Gasteiger partial charge in [-0.2, -0.15) is 0 Å². The number of piperidine rings is 1. The van der Waals surface area contributed by atoms with E-state index >= 15 is 0 Å². The third kappa shape index (κ3) is 4.66. The third-order valence-electron chi connectivity index (χ3n) is 5.16. The number of hydrogen-bond acceptors (Lipinski definition) is 4. The fourth-order valence-corrected chi connectivity index (χ4v) is 3.56. The summed E-state index contributed by atoms with van der Waals surface area (Å²) in [6, 6.07) is 15.5. The maximum atomic E-state index is 12.4. The Morgan fingerprint density at radius 2 is 1.57 bits per heavy atom. The van der Waals surface area contributed by atoms with Gasteiger partial charge in [-0.15, -0.1) is 0 Å². The van der Waals surface area contributed by atoms with E-state index < -0.39 is 5.97 Å². The van der Waals surface area contributed by atoms with Gasteiger partial charge in [-0.3, -0.25) is 9.59 Å². The van der Waals surface area contributed by atoms with Crippen molar-refractivity contribution in [2.24, 2.45) is 0 Å². The van der Waals surface area contributed by atoms with Crippen LogP contribution in [0.5, 0.6) is 0 Å². The first-order chi connectivity index (χ1) is 13.6. The quantitative estimate of drug-likeness (QED) is 0.565. The Hall–Kier alpha value is -2.95. The zero-order valence-electron chi connectivity index (χ0n) is 16.1. The SMILES string of the molecule is CC[C@@H]1CCCCN1C(=O)COC(=O)c1ccc(C(=O)c2ccccc2)cc1. The predicted molar refractivity (Wildman–Crippen MR) is 106 cm³/mol. The molecule has 0 unspecified atom stereocenters. The van der Waals surface area contributed by atoms with Crippen molar-refractivity contribution in [2.75, 3.05) is 13.2 Å².